The molecule has 1 aromatic heterocycles. The van der Waals surface area contributed by atoms with Crippen LogP contribution in [0, 0.1) is 5.92 Å². The highest BCUT2D eigenvalue weighted by molar-refractivity contribution is 9.10. The Kier molecular flexibility index (Phi) is 4.79. The fourth-order valence-corrected chi connectivity index (χ4v) is 5.12. The highest BCUT2D eigenvalue weighted by atomic mass is 79.9. The fraction of sp³-hybridized carbons (Fsp3) is 0.333. The smallest absolute Gasteiger partial charge is 0.253 e. The number of hydrogen-bond acceptors (Lipinski definition) is 4. The van der Waals surface area contributed by atoms with Gasteiger partial charge in [-0.25, -0.2) is 4.98 Å². The van der Waals surface area contributed by atoms with Gasteiger partial charge in [0.2, 0.25) is 0 Å². The zero-order chi connectivity index (χ0) is 21.0. The fourth-order valence-electron chi connectivity index (χ4n) is 4.86. The van der Waals surface area contributed by atoms with Crippen LogP contribution in [0.4, 0.5) is 5.82 Å². The number of anilines is 1. The summed E-state index contributed by atoms with van der Waals surface area (Å²) in [6.45, 7) is 6.20. The van der Waals surface area contributed by atoms with E-state index in [1.54, 1.807) is 0 Å². The van der Waals surface area contributed by atoms with Crippen LogP contribution in [0.15, 0.2) is 46.9 Å². The Morgan fingerprint density at radius 3 is 2.70 bits per heavy atom. The van der Waals surface area contributed by atoms with Gasteiger partial charge in [-0.2, -0.15) is 0 Å². The number of nitrogens with zero attached hydrogens (tertiary/aromatic N) is 2. The molecule has 0 saturated carbocycles. The highest BCUT2D eigenvalue weighted by Gasteiger charge is 2.34. The molecule has 0 bridgehead atoms. The van der Waals surface area contributed by atoms with E-state index in [1.165, 1.54) is 5.56 Å². The molecule has 2 aliphatic rings. The molecule has 3 atom stereocenters. The van der Waals surface area contributed by atoms with Crippen LogP contribution in [0.2, 0.25) is 0 Å². The van der Waals surface area contributed by atoms with Crippen LogP contribution < -0.4 is 5.73 Å². The van der Waals surface area contributed by atoms with Crippen molar-refractivity contribution in [1.29, 1.82) is 0 Å². The van der Waals surface area contributed by atoms with E-state index in [0.717, 1.165) is 39.6 Å². The number of carbonyl (C=O) groups is 1. The predicted octanol–water partition coefficient (Wildman–Crippen LogP) is 5.05. The third-order valence-electron chi connectivity index (χ3n) is 6.49. The number of hydrogen-bond donors (Lipinski definition) is 1. The zero-order valence-corrected chi connectivity index (χ0v) is 18.6. The molecule has 3 heterocycles. The van der Waals surface area contributed by atoms with Gasteiger partial charge in [0, 0.05) is 40.0 Å². The van der Waals surface area contributed by atoms with Crippen LogP contribution >= 0.6 is 15.9 Å². The second-order valence-electron chi connectivity index (χ2n) is 8.42. The van der Waals surface area contributed by atoms with E-state index in [-0.39, 0.29) is 12.0 Å². The lowest BCUT2D eigenvalue weighted by atomic mass is 9.90. The van der Waals surface area contributed by atoms with Gasteiger partial charge in [-0.05, 0) is 54.3 Å². The Hall–Kier alpha value is -2.44. The molecular formula is C24H24BrN3O2. The quantitative estimate of drug-likeness (QED) is 0.574. The lowest BCUT2D eigenvalue weighted by molar-refractivity contribution is 0.0785. The zero-order valence-electron chi connectivity index (χ0n) is 17.1. The minimum Gasteiger partial charge on any atom is -0.383 e. The minimum atomic E-state index is -0.0673. The van der Waals surface area contributed by atoms with Crippen molar-refractivity contribution in [3.8, 4) is 0 Å². The van der Waals surface area contributed by atoms with E-state index >= 15 is 0 Å². The molecule has 0 spiro atoms. The van der Waals surface area contributed by atoms with Crippen LogP contribution in [0.25, 0.3) is 10.9 Å². The molecule has 5 nitrogen and oxygen atoms in total. The number of fused-ring (bicyclic) bond motifs is 3. The molecule has 1 saturated heterocycles. The van der Waals surface area contributed by atoms with Gasteiger partial charge in [-0.3, -0.25) is 4.79 Å². The van der Waals surface area contributed by atoms with Crippen molar-refractivity contribution in [2.75, 3.05) is 18.8 Å². The van der Waals surface area contributed by atoms with Gasteiger partial charge in [0.1, 0.15) is 5.82 Å². The average molecular weight is 466 g/mol. The standard InChI is InChI=1S/C24H24BrN3O2/c1-13-10-28(11-19(13)15-3-6-17(25)7-4-15)24(29)16-5-8-21-18(9-16)20-12-30-14(2)22(20)23(26)27-21/h3-9,13-14,19H,10-12H2,1-2H3,(H2,26,27)/t13-,14+,19-/m0/s1. The molecule has 2 N–H and O–H groups in total. The van der Waals surface area contributed by atoms with Crippen molar-refractivity contribution in [3.05, 3.63) is 69.2 Å². The number of rotatable bonds is 2. The molecule has 2 aliphatic heterocycles. The maximum Gasteiger partial charge on any atom is 0.253 e. The third-order valence-corrected chi connectivity index (χ3v) is 7.02. The van der Waals surface area contributed by atoms with Crippen molar-refractivity contribution in [2.24, 2.45) is 5.92 Å². The summed E-state index contributed by atoms with van der Waals surface area (Å²) < 4.78 is 6.85. The van der Waals surface area contributed by atoms with Crippen molar-refractivity contribution < 1.29 is 9.53 Å². The second-order valence-corrected chi connectivity index (χ2v) is 9.34. The van der Waals surface area contributed by atoms with Gasteiger partial charge in [0.05, 0.1) is 18.2 Å². The van der Waals surface area contributed by atoms with Crippen molar-refractivity contribution in [3.63, 3.8) is 0 Å². The number of pyridine rings is 1. The van der Waals surface area contributed by atoms with E-state index in [9.17, 15) is 4.79 Å². The van der Waals surface area contributed by atoms with Gasteiger partial charge in [-0.1, -0.05) is 35.0 Å². The Balaban J connectivity index is 1.45. The molecule has 1 amide bonds. The van der Waals surface area contributed by atoms with Crippen LogP contribution in [0.1, 0.15) is 52.9 Å². The molecule has 0 radical (unpaired) electrons. The summed E-state index contributed by atoms with van der Waals surface area (Å²) in [7, 11) is 0. The van der Waals surface area contributed by atoms with Gasteiger partial charge in [0.15, 0.2) is 0 Å². The molecule has 0 unspecified atom stereocenters. The van der Waals surface area contributed by atoms with E-state index in [4.69, 9.17) is 10.5 Å². The minimum absolute atomic E-state index is 0.0673. The first-order valence-corrected chi connectivity index (χ1v) is 11.1. The molecule has 30 heavy (non-hydrogen) atoms. The number of nitrogens with two attached hydrogens (primary N) is 1. The van der Waals surface area contributed by atoms with Crippen molar-refractivity contribution in [1.82, 2.24) is 9.88 Å². The Morgan fingerprint density at radius 2 is 1.93 bits per heavy atom. The first kappa shape index (κ1) is 19.5. The Bertz CT molecular complexity index is 1150. The molecule has 0 aliphatic carbocycles. The van der Waals surface area contributed by atoms with Crippen LogP contribution in [-0.2, 0) is 11.3 Å². The van der Waals surface area contributed by atoms with Crippen LogP contribution in [0.5, 0.6) is 0 Å². The number of ether oxygens (including phenoxy) is 1. The summed E-state index contributed by atoms with van der Waals surface area (Å²) >= 11 is 3.50. The number of aromatic nitrogens is 1. The molecule has 3 aromatic rings. The third kappa shape index (κ3) is 3.19. The van der Waals surface area contributed by atoms with E-state index in [0.29, 0.717) is 29.8 Å². The van der Waals surface area contributed by atoms with Gasteiger partial charge in [0.25, 0.3) is 5.91 Å². The average Bonchev–Trinajstić information content (AvgIpc) is 3.32. The van der Waals surface area contributed by atoms with Gasteiger partial charge >= 0.3 is 0 Å². The second kappa shape index (κ2) is 7.36. The predicted molar refractivity (Wildman–Crippen MR) is 121 cm³/mol. The van der Waals surface area contributed by atoms with Crippen LogP contribution in [0.3, 0.4) is 0 Å². The SMILES string of the molecule is C[C@H]1OCc2c1c(N)nc1ccc(C(=O)N3C[C@H](c4ccc(Br)cc4)[C@@H](C)C3)cc21. The molecule has 1 fully saturated rings. The number of halogens is 1. The maximum absolute atomic E-state index is 13.3. The molecule has 154 valence electrons. The summed E-state index contributed by atoms with van der Waals surface area (Å²) in [5, 5.41) is 0.964. The lowest BCUT2D eigenvalue weighted by Gasteiger charge is -2.18. The first-order valence-electron chi connectivity index (χ1n) is 10.3. The number of carbonyl (C=O) groups excluding carboxylic acids is 1. The molecule has 2 aromatic carbocycles. The normalized spacial score (nSPS) is 23.2. The Morgan fingerprint density at radius 1 is 1.17 bits per heavy atom. The highest BCUT2D eigenvalue weighted by Crippen LogP contribution is 2.39. The monoisotopic (exact) mass is 465 g/mol. The topological polar surface area (TPSA) is 68.5 Å². The number of amides is 1. The molecular weight excluding hydrogens is 442 g/mol. The summed E-state index contributed by atoms with van der Waals surface area (Å²) in [6, 6.07) is 14.2. The molecule has 5 rings (SSSR count). The summed E-state index contributed by atoms with van der Waals surface area (Å²) in [6.07, 6.45) is -0.0673. The lowest BCUT2D eigenvalue weighted by Crippen LogP contribution is -2.28. The maximum atomic E-state index is 13.3. The van der Waals surface area contributed by atoms with E-state index in [2.05, 4.69) is 52.1 Å². The number of nitrogen functional groups attached to an aromatic ring is 1. The Labute approximate surface area is 184 Å². The van der Waals surface area contributed by atoms with Crippen molar-refractivity contribution >= 4 is 38.6 Å². The van der Waals surface area contributed by atoms with E-state index in [1.807, 2.05) is 30.0 Å². The summed E-state index contributed by atoms with van der Waals surface area (Å²) in [5.74, 6) is 1.35. The van der Waals surface area contributed by atoms with Crippen molar-refractivity contribution in [2.45, 2.75) is 32.5 Å². The van der Waals surface area contributed by atoms with Gasteiger partial charge < -0.3 is 15.4 Å². The first-order chi connectivity index (χ1) is 14.4. The number of benzene rings is 2. The van der Waals surface area contributed by atoms with Crippen LogP contribution in [-0.4, -0.2) is 28.9 Å². The number of likely N-dealkylation sites (tertiary alicyclic amines) is 1. The largest absolute Gasteiger partial charge is 0.383 e. The summed E-state index contributed by atoms with van der Waals surface area (Å²) in [5.41, 5.74) is 10.9. The van der Waals surface area contributed by atoms with Gasteiger partial charge in [-0.15, -0.1) is 0 Å². The summed E-state index contributed by atoms with van der Waals surface area (Å²) in [4.78, 5) is 19.9. The van der Waals surface area contributed by atoms with E-state index < -0.39 is 0 Å². The molecule has 6 heteroatoms.